The van der Waals surface area contributed by atoms with Crippen molar-refractivity contribution in [1.82, 2.24) is 0 Å². The molecule has 7 heteroatoms. The lowest BCUT2D eigenvalue weighted by Gasteiger charge is -2.25. The summed E-state index contributed by atoms with van der Waals surface area (Å²) in [4.78, 5) is 25.1. The maximum Gasteiger partial charge on any atom is 0.296 e. The number of nitrogens with zero attached hydrogens (tertiary/aromatic N) is 1. The van der Waals surface area contributed by atoms with Gasteiger partial charge in [-0.1, -0.05) is 11.6 Å². The number of nitrogens with one attached hydrogen (secondary N) is 1. The molecule has 0 saturated heterocycles. The van der Waals surface area contributed by atoms with Crippen molar-refractivity contribution in [3.63, 3.8) is 0 Å². The number of benzene rings is 1. The molecule has 1 aromatic rings. The summed E-state index contributed by atoms with van der Waals surface area (Å²) in [5, 5.41) is 2.97. The van der Waals surface area contributed by atoms with E-state index >= 15 is 0 Å². The van der Waals surface area contributed by atoms with Gasteiger partial charge in [-0.3, -0.25) is 9.59 Å². The van der Waals surface area contributed by atoms with Gasteiger partial charge in [0.15, 0.2) is 0 Å². The summed E-state index contributed by atoms with van der Waals surface area (Å²) in [6.45, 7) is 2.31. The number of rotatable bonds is 7. The molecule has 1 aliphatic heterocycles. The molecule has 0 saturated carbocycles. The molecule has 0 fully saturated rings. The minimum Gasteiger partial charge on any atom is -0.383 e. The van der Waals surface area contributed by atoms with Crippen LogP contribution < -0.4 is 10.2 Å². The minimum absolute atomic E-state index is 0.312. The topological polar surface area (TPSA) is 67.9 Å². The zero-order valence-corrected chi connectivity index (χ0v) is 12.7. The highest BCUT2D eigenvalue weighted by Gasteiger charge is 2.29. The number of ether oxygens (including phenoxy) is 2. The number of hydrogen-bond donors (Lipinski definition) is 1. The van der Waals surface area contributed by atoms with Gasteiger partial charge in [-0.05, 0) is 12.1 Å². The fourth-order valence-corrected chi connectivity index (χ4v) is 2.44. The molecular formula is C14H17ClN2O4. The van der Waals surface area contributed by atoms with E-state index in [1.807, 2.05) is 4.90 Å². The molecule has 1 heterocycles. The van der Waals surface area contributed by atoms with Crippen molar-refractivity contribution in [2.75, 3.05) is 50.7 Å². The highest BCUT2D eigenvalue weighted by Crippen LogP contribution is 2.35. The van der Waals surface area contributed by atoms with Gasteiger partial charge in [-0.2, -0.15) is 0 Å². The molecule has 0 aliphatic carbocycles. The van der Waals surface area contributed by atoms with Crippen LogP contribution in [-0.2, 0) is 14.3 Å². The lowest BCUT2D eigenvalue weighted by molar-refractivity contribution is -0.112. The summed E-state index contributed by atoms with van der Waals surface area (Å²) >= 11 is 6.26. The Hall–Kier alpha value is -1.63. The third kappa shape index (κ3) is 3.34. The molecule has 0 unspecified atom stereocenters. The second kappa shape index (κ2) is 6.89. The summed E-state index contributed by atoms with van der Waals surface area (Å²) in [6, 6.07) is 3.24. The van der Waals surface area contributed by atoms with Gasteiger partial charge < -0.3 is 19.7 Å². The van der Waals surface area contributed by atoms with Crippen LogP contribution in [0.4, 0.5) is 11.4 Å². The second-order valence-electron chi connectivity index (χ2n) is 4.61. The highest BCUT2D eigenvalue weighted by molar-refractivity contribution is 6.52. The number of fused-ring (bicyclic) bond motifs is 1. The largest absolute Gasteiger partial charge is 0.383 e. The van der Waals surface area contributed by atoms with Crippen molar-refractivity contribution in [2.24, 2.45) is 0 Å². The maximum absolute atomic E-state index is 11.6. The molecule has 6 nitrogen and oxygen atoms in total. The highest BCUT2D eigenvalue weighted by atomic mass is 35.5. The summed E-state index contributed by atoms with van der Waals surface area (Å²) < 4.78 is 10.2. The fraction of sp³-hybridized carbons (Fsp3) is 0.429. The van der Waals surface area contributed by atoms with E-state index in [1.165, 1.54) is 6.07 Å². The third-order valence-electron chi connectivity index (χ3n) is 3.26. The first-order valence-corrected chi connectivity index (χ1v) is 6.88. The van der Waals surface area contributed by atoms with Gasteiger partial charge in [0.2, 0.25) is 0 Å². The summed E-state index contributed by atoms with van der Waals surface area (Å²) in [6.07, 6.45) is 0. The predicted octanol–water partition coefficient (Wildman–Crippen LogP) is 1.57. The molecule has 0 radical (unpaired) electrons. The molecule has 1 aromatic carbocycles. The molecule has 114 valence electrons. The van der Waals surface area contributed by atoms with Crippen molar-refractivity contribution < 1.29 is 19.1 Å². The average molecular weight is 313 g/mol. The van der Waals surface area contributed by atoms with Gasteiger partial charge in [-0.15, -0.1) is 0 Å². The van der Waals surface area contributed by atoms with Crippen LogP contribution in [0.2, 0.25) is 5.02 Å². The Morgan fingerprint density at radius 3 is 2.33 bits per heavy atom. The quantitative estimate of drug-likeness (QED) is 0.774. The van der Waals surface area contributed by atoms with E-state index < -0.39 is 11.7 Å². The predicted molar refractivity (Wildman–Crippen MR) is 80.4 cm³/mol. The van der Waals surface area contributed by atoms with E-state index in [1.54, 1.807) is 20.3 Å². The maximum atomic E-state index is 11.6. The standard InChI is InChI=1S/C14H17ClN2O4/c1-20-5-3-17(4-6-21-2)12-8-11-9(7-10(12)15)13(18)14(19)16-11/h7-8H,3-6H2,1-2H3,(H,16,18,19). The van der Waals surface area contributed by atoms with E-state index in [0.29, 0.717) is 42.6 Å². The molecule has 1 N–H and O–H groups in total. The number of amides is 1. The van der Waals surface area contributed by atoms with Gasteiger partial charge in [0.1, 0.15) is 0 Å². The van der Waals surface area contributed by atoms with Crippen LogP contribution in [0.1, 0.15) is 10.4 Å². The van der Waals surface area contributed by atoms with Gasteiger partial charge in [0.05, 0.1) is 35.2 Å². The molecular weight excluding hydrogens is 296 g/mol. The van der Waals surface area contributed by atoms with Crippen molar-refractivity contribution in [1.29, 1.82) is 0 Å². The van der Waals surface area contributed by atoms with Crippen LogP contribution in [0.3, 0.4) is 0 Å². The molecule has 0 aromatic heterocycles. The van der Waals surface area contributed by atoms with Crippen molar-refractivity contribution in [3.05, 3.63) is 22.7 Å². The molecule has 0 atom stereocenters. The normalized spacial score (nSPS) is 13.3. The number of carbonyl (C=O) groups is 2. The molecule has 0 spiro atoms. The van der Waals surface area contributed by atoms with Gasteiger partial charge in [0.25, 0.3) is 11.7 Å². The van der Waals surface area contributed by atoms with E-state index in [-0.39, 0.29) is 0 Å². The third-order valence-corrected chi connectivity index (χ3v) is 3.56. The van der Waals surface area contributed by atoms with Crippen molar-refractivity contribution >= 4 is 34.7 Å². The Labute approximate surface area is 128 Å². The first kappa shape index (κ1) is 15.8. The van der Waals surface area contributed by atoms with Crippen LogP contribution >= 0.6 is 11.6 Å². The molecule has 1 amide bonds. The van der Waals surface area contributed by atoms with E-state index in [0.717, 1.165) is 5.69 Å². The fourth-order valence-electron chi connectivity index (χ4n) is 2.15. The number of carbonyl (C=O) groups excluding carboxylic acids is 2. The van der Waals surface area contributed by atoms with Crippen LogP contribution in [0.5, 0.6) is 0 Å². The smallest absolute Gasteiger partial charge is 0.296 e. The number of methoxy groups -OCH3 is 2. The molecule has 1 aliphatic rings. The van der Waals surface area contributed by atoms with Crippen LogP contribution in [0.15, 0.2) is 12.1 Å². The number of anilines is 2. The SMILES string of the molecule is COCCN(CCOC)c1cc2c(cc1Cl)C(=O)C(=O)N2. The number of ketones is 1. The monoisotopic (exact) mass is 312 g/mol. The van der Waals surface area contributed by atoms with Gasteiger partial charge in [-0.25, -0.2) is 0 Å². The lowest BCUT2D eigenvalue weighted by atomic mass is 10.1. The first-order valence-electron chi connectivity index (χ1n) is 6.50. The van der Waals surface area contributed by atoms with E-state index in [2.05, 4.69) is 5.32 Å². The second-order valence-corrected chi connectivity index (χ2v) is 5.01. The minimum atomic E-state index is -0.626. The summed E-state index contributed by atoms with van der Waals surface area (Å²) in [5.41, 5.74) is 1.54. The Bertz CT molecular complexity index is 554. The molecule has 2 rings (SSSR count). The van der Waals surface area contributed by atoms with Crippen LogP contribution in [-0.4, -0.2) is 52.2 Å². The van der Waals surface area contributed by atoms with Crippen molar-refractivity contribution in [3.8, 4) is 0 Å². The van der Waals surface area contributed by atoms with Crippen LogP contribution in [0.25, 0.3) is 0 Å². The summed E-state index contributed by atoms with van der Waals surface area (Å²) in [5.74, 6) is -1.18. The zero-order chi connectivity index (χ0) is 15.4. The average Bonchev–Trinajstić information content (AvgIpc) is 2.74. The Morgan fingerprint density at radius 1 is 1.14 bits per heavy atom. The van der Waals surface area contributed by atoms with Gasteiger partial charge in [0, 0.05) is 27.3 Å². The van der Waals surface area contributed by atoms with E-state index in [9.17, 15) is 9.59 Å². The number of Topliss-reactive ketones (excluding diaryl/α,β-unsaturated/α-hetero) is 1. The summed E-state index contributed by atoms with van der Waals surface area (Å²) in [7, 11) is 3.25. The molecule has 0 bridgehead atoms. The molecule has 21 heavy (non-hydrogen) atoms. The van der Waals surface area contributed by atoms with Crippen molar-refractivity contribution in [2.45, 2.75) is 0 Å². The number of halogens is 1. The Balaban J connectivity index is 2.30. The Morgan fingerprint density at radius 2 is 1.76 bits per heavy atom. The van der Waals surface area contributed by atoms with Gasteiger partial charge >= 0.3 is 0 Å². The number of hydrogen-bond acceptors (Lipinski definition) is 5. The van der Waals surface area contributed by atoms with E-state index in [4.69, 9.17) is 21.1 Å². The zero-order valence-electron chi connectivity index (χ0n) is 11.9. The lowest BCUT2D eigenvalue weighted by Crippen LogP contribution is -2.30. The Kier molecular flexibility index (Phi) is 5.17. The van der Waals surface area contributed by atoms with Crippen LogP contribution in [0, 0.1) is 0 Å². The first-order chi connectivity index (χ1) is 10.1.